The highest BCUT2D eigenvalue weighted by molar-refractivity contribution is 8.00. The number of fused-ring (bicyclic) bond motifs is 1. The van der Waals surface area contributed by atoms with Crippen LogP contribution in [0.1, 0.15) is 23.7 Å². The average Bonchev–Trinajstić information content (AvgIpc) is 2.75. The highest BCUT2D eigenvalue weighted by Gasteiger charge is 2.25. The topological polar surface area (TPSA) is 20.2 Å². The third kappa shape index (κ3) is 1.72. The van der Waals surface area contributed by atoms with Gasteiger partial charge in [0.25, 0.3) is 0 Å². The van der Waals surface area contributed by atoms with Gasteiger partial charge in [0.05, 0.1) is 5.44 Å². The summed E-state index contributed by atoms with van der Waals surface area (Å²) in [6.07, 6.45) is 2.00. The van der Waals surface area contributed by atoms with Crippen LogP contribution in [0, 0.1) is 0 Å². The monoisotopic (exact) mass is 230 g/mol. The maximum absolute atomic E-state index is 9.60. The number of aliphatic hydroxyl groups excluding tert-OH is 1. The van der Waals surface area contributed by atoms with Gasteiger partial charge in [-0.15, -0.1) is 11.8 Å². The van der Waals surface area contributed by atoms with Crippen molar-refractivity contribution in [2.45, 2.75) is 23.5 Å². The summed E-state index contributed by atoms with van der Waals surface area (Å²) < 4.78 is 0. The molecule has 0 bridgehead atoms. The number of rotatable bonds is 1. The third-order valence-electron chi connectivity index (χ3n) is 3.17. The summed E-state index contributed by atoms with van der Waals surface area (Å²) in [6, 6.07) is 14.9. The van der Waals surface area contributed by atoms with E-state index in [2.05, 4.69) is 42.5 Å². The SMILES string of the molecule is OC1CCC(c2cccc3ccccc23)S1. The van der Waals surface area contributed by atoms with Gasteiger partial charge in [-0.3, -0.25) is 0 Å². The standard InChI is InChI=1S/C14H14OS/c15-14-9-8-13(16-14)12-7-3-5-10-4-1-2-6-11(10)12/h1-7,13-15H,8-9H2. The van der Waals surface area contributed by atoms with E-state index in [9.17, 15) is 5.11 Å². The zero-order valence-electron chi connectivity index (χ0n) is 8.97. The van der Waals surface area contributed by atoms with E-state index in [1.54, 1.807) is 11.8 Å². The molecule has 0 amide bonds. The number of hydrogen-bond acceptors (Lipinski definition) is 2. The van der Waals surface area contributed by atoms with E-state index in [-0.39, 0.29) is 5.44 Å². The first-order valence-electron chi connectivity index (χ1n) is 5.66. The molecule has 1 heterocycles. The summed E-state index contributed by atoms with van der Waals surface area (Å²) in [6.45, 7) is 0. The summed E-state index contributed by atoms with van der Waals surface area (Å²) in [5.41, 5.74) is 1.20. The molecule has 2 atom stereocenters. The molecule has 0 saturated carbocycles. The molecule has 3 rings (SSSR count). The molecule has 2 aromatic rings. The zero-order valence-corrected chi connectivity index (χ0v) is 9.78. The highest BCUT2D eigenvalue weighted by atomic mass is 32.2. The van der Waals surface area contributed by atoms with Gasteiger partial charge in [-0.2, -0.15) is 0 Å². The Hall–Kier alpha value is -0.990. The summed E-state index contributed by atoms with van der Waals surface area (Å²) in [7, 11) is 0. The molecule has 1 N–H and O–H groups in total. The Balaban J connectivity index is 2.09. The molecule has 0 spiro atoms. The van der Waals surface area contributed by atoms with Crippen LogP contribution in [-0.2, 0) is 0 Å². The van der Waals surface area contributed by atoms with Crippen molar-refractivity contribution in [3.05, 3.63) is 48.0 Å². The number of benzene rings is 2. The molecule has 2 heteroatoms. The van der Waals surface area contributed by atoms with Crippen molar-refractivity contribution < 1.29 is 5.11 Å². The Labute approximate surface area is 99.5 Å². The van der Waals surface area contributed by atoms with Crippen LogP contribution >= 0.6 is 11.8 Å². The summed E-state index contributed by atoms with van der Waals surface area (Å²) in [4.78, 5) is 0. The lowest BCUT2D eigenvalue weighted by Gasteiger charge is -2.12. The lowest BCUT2D eigenvalue weighted by molar-refractivity contribution is 0.259. The summed E-state index contributed by atoms with van der Waals surface area (Å²) >= 11 is 1.69. The predicted molar refractivity (Wildman–Crippen MR) is 69.5 cm³/mol. The van der Waals surface area contributed by atoms with E-state index >= 15 is 0 Å². The van der Waals surface area contributed by atoms with Gasteiger partial charge in [-0.05, 0) is 29.2 Å². The Morgan fingerprint density at radius 1 is 1.00 bits per heavy atom. The molecule has 82 valence electrons. The first-order chi connectivity index (χ1) is 7.84. The lowest BCUT2D eigenvalue weighted by atomic mass is 10.00. The third-order valence-corrected chi connectivity index (χ3v) is 4.54. The van der Waals surface area contributed by atoms with E-state index in [1.807, 2.05) is 0 Å². The van der Waals surface area contributed by atoms with Crippen LogP contribution in [0.3, 0.4) is 0 Å². The fourth-order valence-corrected chi connectivity index (χ4v) is 3.66. The van der Waals surface area contributed by atoms with E-state index < -0.39 is 0 Å². The lowest BCUT2D eigenvalue weighted by Crippen LogP contribution is -1.92. The first-order valence-corrected chi connectivity index (χ1v) is 6.60. The average molecular weight is 230 g/mol. The van der Waals surface area contributed by atoms with Crippen molar-refractivity contribution in [3.63, 3.8) is 0 Å². The molecule has 1 fully saturated rings. The van der Waals surface area contributed by atoms with Gasteiger partial charge in [0, 0.05) is 5.25 Å². The summed E-state index contributed by atoms with van der Waals surface area (Å²) in [5.74, 6) is 0. The van der Waals surface area contributed by atoms with Gasteiger partial charge in [-0.1, -0.05) is 42.5 Å². The molecule has 2 aromatic carbocycles. The maximum atomic E-state index is 9.60. The highest BCUT2D eigenvalue weighted by Crippen LogP contribution is 2.45. The molecule has 0 radical (unpaired) electrons. The summed E-state index contributed by atoms with van der Waals surface area (Å²) in [5, 5.41) is 12.7. The predicted octanol–water partition coefficient (Wildman–Crippen LogP) is 3.73. The minimum Gasteiger partial charge on any atom is -0.382 e. The first kappa shape index (κ1) is 10.2. The Kier molecular flexibility index (Phi) is 2.62. The van der Waals surface area contributed by atoms with Crippen LogP contribution in [0.5, 0.6) is 0 Å². The number of aliphatic hydroxyl groups is 1. The van der Waals surface area contributed by atoms with Crippen molar-refractivity contribution in [3.8, 4) is 0 Å². The smallest absolute Gasteiger partial charge is 0.0999 e. The fourth-order valence-electron chi connectivity index (χ4n) is 2.38. The number of thioether (sulfide) groups is 1. The van der Waals surface area contributed by atoms with Crippen molar-refractivity contribution >= 4 is 22.5 Å². The molecule has 1 saturated heterocycles. The largest absolute Gasteiger partial charge is 0.382 e. The van der Waals surface area contributed by atoms with E-state index in [1.165, 1.54) is 16.3 Å². The van der Waals surface area contributed by atoms with Gasteiger partial charge < -0.3 is 5.11 Å². The van der Waals surface area contributed by atoms with E-state index in [0.29, 0.717) is 5.25 Å². The van der Waals surface area contributed by atoms with Gasteiger partial charge in [0.2, 0.25) is 0 Å². The zero-order chi connectivity index (χ0) is 11.0. The van der Waals surface area contributed by atoms with Crippen molar-refractivity contribution in [2.24, 2.45) is 0 Å². The molecular formula is C14H14OS. The van der Waals surface area contributed by atoms with Crippen molar-refractivity contribution in [1.82, 2.24) is 0 Å². The molecule has 1 aliphatic heterocycles. The van der Waals surface area contributed by atoms with Crippen LogP contribution in [0.2, 0.25) is 0 Å². The molecular weight excluding hydrogens is 216 g/mol. The van der Waals surface area contributed by atoms with Gasteiger partial charge in [0.15, 0.2) is 0 Å². The van der Waals surface area contributed by atoms with Crippen molar-refractivity contribution in [2.75, 3.05) is 0 Å². The Morgan fingerprint density at radius 2 is 1.81 bits per heavy atom. The van der Waals surface area contributed by atoms with Gasteiger partial charge in [0.1, 0.15) is 0 Å². The Morgan fingerprint density at radius 3 is 2.62 bits per heavy atom. The number of hydrogen-bond donors (Lipinski definition) is 1. The van der Waals surface area contributed by atoms with Crippen molar-refractivity contribution in [1.29, 1.82) is 0 Å². The second-order valence-corrected chi connectivity index (χ2v) is 5.61. The molecule has 16 heavy (non-hydrogen) atoms. The fraction of sp³-hybridized carbons (Fsp3) is 0.286. The quantitative estimate of drug-likeness (QED) is 0.805. The molecule has 2 unspecified atom stereocenters. The van der Waals surface area contributed by atoms with Crippen LogP contribution in [0.4, 0.5) is 0 Å². The molecule has 0 aromatic heterocycles. The maximum Gasteiger partial charge on any atom is 0.0999 e. The molecule has 1 aliphatic rings. The van der Waals surface area contributed by atoms with Crippen LogP contribution in [-0.4, -0.2) is 10.5 Å². The Bertz CT molecular complexity index is 504. The minimum absolute atomic E-state index is 0.177. The normalized spacial score (nSPS) is 25.1. The van der Waals surface area contributed by atoms with E-state index in [0.717, 1.165) is 12.8 Å². The van der Waals surface area contributed by atoms with Crippen LogP contribution in [0.15, 0.2) is 42.5 Å². The van der Waals surface area contributed by atoms with Gasteiger partial charge >= 0.3 is 0 Å². The molecule has 0 aliphatic carbocycles. The second-order valence-electron chi connectivity index (χ2n) is 4.23. The molecule has 1 nitrogen and oxygen atoms in total. The van der Waals surface area contributed by atoms with Gasteiger partial charge in [-0.25, -0.2) is 0 Å². The van der Waals surface area contributed by atoms with E-state index in [4.69, 9.17) is 0 Å². The second kappa shape index (κ2) is 4.11. The van der Waals surface area contributed by atoms with Crippen LogP contribution in [0.25, 0.3) is 10.8 Å². The minimum atomic E-state index is -0.177. The van der Waals surface area contributed by atoms with Crippen LogP contribution < -0.4 is 0 Å².